The van der Waals surface area contributed by atoms with Crippen LogP contribution in [0.1, 0.15) is 43.6 Å². The standard InChI is InChI=1S/C31H31N3O5S2/c1-6-38-26(35)17-33-19(4)23(22-10-8-9-11-24(22)33)16-25-29(36)34-28(20-12-14-21(40-5)15-13-20)27(30(37)39-7-2)18(3)32-31(34)41-25/h8-16,28H,6-7,17H2,1-5H3/b25-16-/t28-/m0/s1. The number of hydrogen-bond donors (Lipinski definition) is 0. The summed E-state index contributed by atoms with van der Waals surface area (Å²) in [6.45, 7) is 7.84. The zero-order valence-corrected chi connectivity index (χ0v) is 25.2. The Kier molecular flexibility index (Phi) is 8.32. The van der Waals surface area contributed by atoms with Crippen molar-refractivity contribution in [1.29, 1.82) is 0 Å². The van der Waals surface area contributed by atoms with Gasteiger partial charge in [-0.25, -0.2) is 9.79 Å². The number of nitrogens with zero attached hydrogens (tertiary/aromatic N) is 3. The lowest BCUT2D eigenvalue weighted by Crippen LogP contribution is -2.39. The van der Waals surface area contributed by atoms with Gasteiger partial charge in [-0.2, -0.15) is 0 Å². The minimum atomic E-state index is -0.672. The number of allylic oxidation sites excluding steroid dienone is 1. The van der Waals surface area contributed by atoms with Crippen molar-refractivity contribution in [3.63, 3.8) is 0 Å². The van der Waals surface area contributed by atoms with Crippen LogP contribution < -0.4 is 14.9 Å². The number of thiazole rings is 1. The van der Waals surface area contributed by atoms with Gasteiger partial charge in [0.15, 0.2) is 4.80 Å². The van der Waals surface area contributed by atoms with Gasteiger partial charge in [0.1, 0.15) is 6.54 Å². The molecule has 8 nitrogen and oxygen atoms in total. The summed E-state index contributed by atoms with van der Waals surface area (Å²) in [6, 6.07) is 15.0. The van der Waals surface area contributed by atoms with E-state index in [1.807, 2.05) is 72.4 Å². The van der Waals surface area contributed by atoms with Crippen molar-refractivity contribution >= 4 is 52.0 Å². The van der Waals surface area contributed by atoms with Crippen molar-refractivity contribution in [2.75, 3.05) is 19.5 Å². The van der Waals surface area contributed by atoms with Crippen LogP contribution in [0.3, 0.4) is 0 Å². The monoisotopic (exact) mass is 589 g/mol. The van der Waals surface area contributed by atoms with Gasteiger partial charge in [-0.3, -0.25) is 14.2 Å². The summed E-state index contributed by atoms with van der Waals surface area (Å²) < 4.78 is 14.6. The molecule has 1 atom stereocenters. The van der Waals surface area contributed by atoms with Crippen molar-refractivity contribution in [2.24, 2.45) is 4.99 Å². The van der Waals surface area contributed by atoms with Gasteiger partial charge in [-0.05, 0) is 63.8 Å². The molecule has 3 heterocycles. The lowest BCUT2D eigenvalue weighted by Gasteiger charge is -2.24. The lowest BCUT2D eigenvalue weighted by molar-refractivity contribution is -0.143. The number of carbonyl (C=O) groups is 2. The van der Waals surface area contributed by atoms with Gasteiger partial charge in [0.2, 0.25) is 0 Å². The Bertz CT molecular complexity index is 1860. The first-order chi connectivity index (χ1) is 19.8. The first kappa shape index (κ1) is 28.6. The number of ether oxygens (including phenoxy) is 2. The van der Waals surface area contributed by atoms with Crippen LogP contribution in [0, 0.1) is 6.92 Å². The largest absolute Gasteiger partial charge is 0.465 e. The number of para-hydroxylation sites is 1. The van der Waals surface area contributed by atoms with Crippen molar-refractivity contribution in [2.45, 2.75) is 45.2 Å². The van der Waals surface area contributed by atoms with Crippen LogP contribution in [0.4, 0.5) is 0 Å². The Labute approximate surface area is 245 Å². The molecular formula is C31H31N3O5S2. The molecule has 0 N–H and O–H groups in total. The Morgan fingerprint density at radius 3 is 2.44 bits per heavy atom. The molecule has 41 heavy (non-hydrogen) atoms. The molecule has 5 rings (SSSR count). The van der Waals surface area contributed by atoms with Gasteiger partial charge in [0, 0.05) is 27.1 Å². The number of hydrogen-bond acceptors (Lipinski definition) is 8. The summed E-state index contributed by atoms with van der Waals surface area (Å²) in [5, 5.41) is 0.924. The Balaban J connectivity index is 1.71. The van der Waals surface area contributed by atoms with E-state index in [1.54, 1.807) is 37.1 Å². The van der Waals surface area contributed by atoms with Crippen LogP contribution in [0.5, 0.6) is 0 Å². The van der Waals surface area contributed by atoms with Crippen molar-refractivity contribution in [1.82, 2.24) is 9.13 Å². The third-order valence-electron chi connectivity index (χ3n) is 7.10. The first-order valence-electron chi connectivity index (χ1n) is 13.4. The molecule has 4 aromatic rings. The van der Waals surface area contributed by atoms with Crippen LogP contribution in [0.15, 0.2) is 74.5 Å². The van der Waals surface area contributed by atoms with E-state index in [9.17, 15) is 14.4 Å². The van der Waals surface area contributed by atoms with E-state index in [0.717, 1.165) is 32.6 Å². The fraction of sp³-hybridized carbons (Fsp3) is 0.290. The predicted octanol–water partition coefficient (Wildman–Crippen LogP) is 4.35. The molecule has 0 spiro atoms. The zero-order valence-electron chi connectivity index (χ0n) is 23.6. The average Bonchev–Trinajstić information content (AvgIpc) is 3.41. The van der Waals surface area contributed by atoms with E-state index in [0.29, 0.717) is 27.2 Å². The van der Waals surface area contributed by atoms with E-state index >= 15 is 0 Å². The van der Waals surface area contributed by atoms with Gasteiger partial charge in [0.25, 0.3) is 5.56 Å². The lowest BCUT2D eigenvalue weighted by atomic mass is 9.96. The molecule has 1 aliphatic rings. The van der Waals surface area contributed by atoms with Gasteiger partial charge in [-0.1, -0.05) is 41.7 Å². The highest BCUT2D eigenvalue weighted by atomic mass is 32.2. The third kappa shape index (κ3) is 5.29. The maximum Gasteiger partial charge on any atom is 0.338 e. The maximum absolute atomic E-state index is 14.1. The van der Waals surface area contributed by atoms with Crippen molar-refractivity contribution in [3.8, 4) is 0 Å². The number of carbonyl (C=O) groups excluding carboxylic acids is 2. The molecule has 2 aromatic heterocycles. The Hall–Kier alpha value is -3.89. The molecular weight excluding hydrogens is 558 g/mol. The smallest absolute Gasteiger partial charge is 0.338 e. The van der Waals surface area contributed by atoms with Gasteiger partial charge in [-0.15, -0.1) is 11.8 Å². The highest BCUT2D eigenvalue weighted by Crippen LogP contribution is 2.32. The SMILES string of the molecule is CCOC(=O)Cn1c(C)c(/C=c2\sc3n(c2=O)[C@@H](c2ccc(SC)cc2)C(C(=O)OCC)=C(C)N=3)c2ccccc21. The summed E-state index contributed by atoms with van der Waals surface area (Å²) in [4.78, 5) is 45.9. The molecule has 212 valence electrons. The summed E-state index contributed by atoms with van der Waals surface area (Å²) >= 11 is 2.90. The summed E-state index contributed by atoms with van der Waals surface area (Å²) in [7, 11) is 0. The fourth-order valence-electron chi connectivity index (χ4n) is 5.20. The van der Waals surface area contributed by atoms with E-state index in [4.69, 9.17) is 9.47 Å². The number of rotatable bonds is 8. The second-order valence-electron chi connectivity index (χ2n) is 9.48. The number of fused-ring (bicyclic) bond motifs is 2. The topological polar surface area (TPSA) is 91.9 Å². The summed E-state index contributed by atoms with van der Waals surface area (Å²) in [5.41, 5.74) is 4.00. The second kappa shape index (κ2) is 11.9. The Morgan fingerprint density at radius 2 is 1.76 bits per heavy atom. The minimum Gasteiger partial charge on any atom is -0.465 e. The molecule has 0 saturated carbocycles. The quantitative estimate of drug-likeness (QED) is 0.224. The maximum atomic E-state index is 14.1. The number of aromatic nitrogens is 2. The molecule has 0 aliphatic carbocycles. The summed E-state index contributed by atoms with van der Waals surface area (Å²) in [5.74, 6) is -0.809. The van der Waals surface area contributed by atoms with Crippen molar-refractivity contribution in [3.05, 3.63) is 96.3 Å². The first-order valence-corrected chi connectivity index (χ1v) is 15.4. The van der Waals surface area contributed by atoms with E-state index in [-0.39, 0.29) is 24.7 Å². The van der Waals surface area contributed by atoms with E-state index in [1.165, 1.54) is 11.3 Å². The van der Waals surface area contributed by atoms with Crippen LogP contribution in [0.25, 0.3) is 17.0 Å². The molecule has 0 unspecified atom stereocenters. The van der Waals surface area contributed by atoms with Gasteiger partial charge in [0.05, 0.1) is 35.1 Å². The van der Waals surface area contributed by atoms with Crippen LogP contribution in [-0.2, 0) is 25.6 Å². The number of thioether (sulfide) groups is 1. The molecule has 2 aromatic carbocycles. The van der Waals surface area contributed by atoms with Gasteiger partial charge < -0.3 is 14.0 Å². The van der Waals surface area contributed by atoms with E-state index in [2.05, 4.69) is 4.99 Å². The van der Waals surface area contributed by atoms with Crippen LogP contribution in [-0.4, -0.2) is 40.5 Å². The highest BCUT2D eigenvalue weighted by molar-refractivity contribution is 7.98. The highest BCUT2D eigenvalue weighted by Gasteiger charge is 2.33. The zero-order chi connectivity index (χ0) is 29.3. The molecule has 1 aliphatic heterocycles. The van der Waals surface area contributed by atoms with Gasteiger partial charge >= 0.3 is 11.9 Å². The number of benzene rings is 2. The Morgan fingerprint density at radius 1 is 1.05 bits per heavy atom. The van der Waals surface area contributed by atoms with Crippen LogP contribution >= 0.6 is 23.1 Å². The predicted molar refractivity (Wildman–Crippen MR) is 162 cm³/mol. The van der Waals surface area contributed by atoms with E-state index < -0.39 is 12.0 Å². The fourth-order valence-corrected chi connectivity index (χ4v) is 6.64. The molecule has 10 heteroatoms. The molecule has 0 amide bonds. The number of esters is 2. The molecule has 0 fully saturated rings. The molecule has 0 bridgehead atoms. The summed E-state index contributed by atoms with van der Waals surface area (Å²) in [6.07, 6.45) is 3.86. The average molecular weight is 590 g/mol. The molecule has 0 saturated heterocycles. The third-order valence-corrected chi connectivity index (χ3v) is 8.82. The van der Waals surface area contributed by atoms with Crippen LogP contribution in [0.2, 0.25) is 0 Å². The second-order valence-corrected chi connectivity index (χ2v) is 11.4. The normalized spacial score (nSPS) is 15.1. The minimum absolute atomic E-state index is 0.0728. The molecule has 0 radical (unpaired) electrons. The van der Waals surface area contributed by atoms with Crippen molar-refractivity contribution < 1.29 is 19.1 Å².